The van der Waals surface area contributed by atoms with Crippen LogP contribution >= 0.6 is 0 Å². The molecule has 0 aromatic heterocycles. The van der Waals surface area contributed by atoms with Crippen LogP contribution in [-0.4, -0.2) is 161 Å². The van der Waals surface area contributed by atoms with Gasteiger partial charge in [0.1, 0.15) is 0 Å². The largest absolute Gasteiger partial charge is 0.349 e. The third-order valence-electron chi connectivity index (χ3n) is 5.45. The Morgan fingerprint density at radius 2 is 0.714 bits per heavy atom. The number of guanidine groups is 2. The summed E-state index contributed by atoms with van der Waals surface area (Å²) in [7, 11) is 24.8. The number of aliphatic imine (C=N–C) groups is 2. The summed E-state index contributed by atoms with van der Waals surface area (Å²) < 4.78 is 0. The van der Waals surface area contributed by atoms with Crippen molar-refractivity contribution in [2.75, 3.05) is 84.6 Å². The summed E-state index contributed by atoms with van der Waals surface area (Å²) in [6.45, 7) is 0. The minimum atomic E-state index is -0.0354. The van der Waals surface area contributed by atoms with Crippen molar-refractivity contribution in [2.24, 2.45) is 9.98 Å². The number of hydrogen-bond donors (Lipinski definition) is 0. The normalized spacial score (nSPS) is 28.9. The molecule has 0 bridgehead atoms. The molecule has 2 fully saturated rings. The molecule has 2 aliphatic rings. The van der Waals surface area contributed by atoms with Crippen LogP contribution in [0.2, 0.25) is 0 Å². The Morgan fingerprint density at radius 3 is 0.893 bits per heavy atom. The monoisotopic (exact) mass is 396 g/mol. The van der Waals surface area contributed by atoms with E-state index in [0.29, 0.717) is 0 Å². The van der Waals surface area contributed by atoms with E-state index in [1.165, 1.54) is 0 Å². The van der Waals surface area contributed by atoms with Crippen LogP contribution in [0.3, 0.4) is 0 Å². The molecule has 0 radical (unpaired) electrons. The van der Waals surface area contributed by atoms with Crippen molar-refractivity contribution < 1.29 is 0 Å². The first-order valence-electron chi connectivity index (χ1n) is 9.62. The molecule has 0 spiro atoms. The molecule has 0 aromatic rings. The topological polar surface area (TPSA) is 50.6 Å². The lowest BCUT2D eigenvalue weighted by atomic mass is 10.4. The Morgan fingerprint density at radius 1 is 0.500 bits per heavy atom. The van der Waals surface area contributed by atoms with Crippen molar-refractivity contribution in [2.45, 2.75) is 24.9 Å². The van der Waals surface area contributed by atoms with Crippen molar-refractivity contribution in [1.29, 1.82) is 0 Å². The van der Waals surface area contributed by atoms with E-state index in [-0.39, 0.29) is 24.9 Å². The molecule has 0 saturated carbocycles. The van der Waals surface area contributed by atoms with E-state index in [4.69, 9.17) is 9.98 Å². The van der Waals surface area contributed by atoms with Gasteiger partial charge in [0.2, 0.25) is 0 Å². The van der Waals surface area contributed by atoms with Gasteiger partial charge in [-0.3, -0.25) is 19.6 Å². The van der Waals surface area contributed by atoms with Gasteiger partial charge in [0, 0.05) is 56.4 Å². The van der Waals surface area contributed by atoms with E-state index in [2.05, 4.69) is 67.4 Å². The van der Waals surface area contributed by atoms with E-state index >= 15 is 0 Å². The molecule has 2 rings (SSSR count). The van der Waals surface area contributed by atoms with Crippen LogP contribution in [0.5, 0.6) is 0 Å². The van der Waals surface area contributed by atoms with E-state index in [1.807, 2.05) is 56.4 Å². The van der Waals surface area contributed by atoms with Crippen LogP contribution in [0, 0.1) is 0 Å². The average molecular weight is 397 g/mol. The number of likely N-dealkylation sites (N-methyl/N-ethyl adjacent to an activating group) is 4. The molecule has 10 heteroatoms. The summed E-state index contributed by atoms with van der Waals surface area (Å²) >= 11 is 0. The lowest BCUT2D eigenvalue weighted by molar-refractivity contribution is 0.0392. The second-order valence-electron chi connectivity index (χ2n) is 8.62. The van der Waals surface area contributed by atoms with E-state index in [9.17, 15) is 0 Å². The third kappa shape index (κ3) is 3.91. The highest BCUT2D eigenvalue weighted by molar-refractivity contribution is 5.79. The Bertz CT molecular complexity index is 507. The average Bonchev–Trinajstić information content (AvgIpc) is 2.95. The van der Waals surface area contributed by atoms with E-state index in [0.717, 1.165) is 11.9 Å². The SMILES string of the molecule is CN(C)C(=NC1N(C)C2C(N1C)N(C)C(N=C(N(C)C)N(C)C)N2C)N(C)C. The molecular weight excluding hydrogens is 356 g/mol. The number of rotatable bonds is 2. The minimum Gasteiger partial charge on any atom is -0.349 e. The molecule has 28 heavy (non-hydrogen) atoms. The second kappa shape index (κ2) is 8.40. The summed E-state index contributed by atoms with van der Waals surface area (Å²) in [6.07, 6.45) is 0.334. The summed E-state index contributed by atoms with van der Waals surface area (Å²) in [5.41, 5.74) is 0. The number of nitrogens with zero attached hydrogens (tertiary/aromatic N) is 10. The van der Waals surface area contributed by atoms with Gasteiger partial charge >= 0.3 is 0 Å². The van der Waals surface area contributed by atoms with Gasteiger partial charge in [0.15, 0.2) is 24.5 Å². The summed E-state index contributed by atoms with van der Waals surface area (Å²) in [5, 5.41) is 0. The van der Waals surface area contributed by atoms with Crippen molar-refractivity contribution in [3.8, 4) is 0 Å². The molecule has 2 aliphatic heterocycles. The Labute approximate surface area is 171 Å². The van der Waals surface area contributed by atoms with Gasteiger partial charge in [-0.1, -0.05) is 0 Å². The van der Waals surface area contributed by atoms with Gasteiger partial charge in [-0.2, -0.15) is 0 Å². The van der Waals surface area contributed by atoms with Crippen molar-refractivity contribution in [3.63, 3.8) is 0 Å². The Hall–Kier alpha value is -1.62. The van der Waals surface area contributed by atoms with Crippen molar-refractivity contribution in [1.82, 2.24) is 39.2 Å². The van der Waals surface area contributed by atoms with Crippen LogP contribution in [0.25, 0.3) is 0 Å². The first-order chi connectivity index (χ1) is 12.9. The molecule has 10 nitrogen and oxygen atoms in total. The zero-order valence-corrected chi connectivity index (χ0v) is 19.8. The molecule has 0 amide bonds. The molecular formula is C18H40N10. The van der Waals surface area contributed by atoms with Gasteiger partial charge in [0.25, 0.3) is 0 Å². The smallest absolute Gasteiger partial charge is 0.198 e. The Balaban J connectivity index is 2.35. The molecule has 0 unspecified atom stereocenters. The lowest BCUT2D eigenvalue weighted by Gasteiger charge is -2.34. The maximum atomic E-state index is 5.05. The fourth-order valence-corrected chi connectivity index (χ4v) is 4.37. The van der Waals surface area contributed by atoms with Gasteiger partial charge in [-0.05, 0) is 28.2 Å². The van der Waals surface area contributed by atoms with Crippen LogP contribution < -0.4 is 0 Å². The minimum absolute atomic E-state index is 0.0354. The maximum absolute atomic E-state index is 5.05. The number of fused-ring (bicyclic) bond motifs is 1. The van der Waals surface area contributed by atoms with E-state index in [1.54, 1.807) is 0 Å². The highest BCUT2D eigenvalue weighted by Gasteiger charge is 2.55. The molecule has 0 aromatic carbocycles. The third-order valence-corrected chi connectivity index (χ3v) is 5.45. The lowest BCUT2D eigenvalue weighted by Crippen LogP contribution is -2.49. The first kappa shape index (κ1) is 22.7. The fourth-order valence-electron chi connectivity index (χ4n) is 4.37. The molecule has 0 N–H and O–H groups in total. The van der Waals surface area contributed by atoms with Gasteiger partial charge in [-0.15, -0.1) is 0 Å². The van der Waals surface area contributed by atoms with Crippen LogP contribution in [0.1, 0.15) is 0 Å². The van der Waals surface area contributed by atoms with Gasteiger partial charge < -0.3 is 19.6 Å². The standard InChI is InChI=1S/C18H40N10/c1-21(2)15(22(3)4)19-17-25(9)13-14(26(17)10)28(12)18(27(13)11)20-16(23(5)6)24(7)8/h13-14,17-18H,1-12H3. The summed E-state index contributed by atoms with van der Waals surface area (Å²) in [5.74, 6) is 1.90. The zero-order valence-electron chi connectivity index (χ0n) is 19.8. The summed E-state index contributed by atoms with van der Waals surface area (Å²) in [6, 6.07) is 0. The van der Waals surface area contributed by atoms with Crippen LogP contribution in [0.4, 0.5) is 0 Å². The van der Waals surface area contributed by atoms with E-state index < -0.39 is 0 Å². The van der Waals surface area contributed by atoms with Gasteiger partial charge in [-0.25, -0.2) is 9.98 Å². The first-order valence-corrected chi connectivity index (χ1v) is 9.62. The number of hydrogen-bond acceptors (Lipinski definition) is 6. The molecule has 0 aliphatic carbocycles. The predicted octanol–water partition coefficient (Wildman–Crippen LogP) is -1.08. The molecule has 2 saturated heterocycles. The fraction of sp³-hybridized carbons (Fsp3) is 0.889. The summed E-state index contributed by atoms with van der Waals surface area (Å²) in [4.78, 5) is 27.6. The van der Waals surface area contributed by atoms with Crippen molar-refractivity contribution >= 4 is 11.9 Å². The predicted molar refractivity (Wildman–Crippen MR) is 116 cm³/mol. The molecule has 2 heterocycles. The highest BCUT2D eigenvalue weighted by Crippen LogP contribution is 2.36. The van der Waals surface area contributed by atoms with Crippen molar-refractivity contribution in [3.05, 3.63) is 0 Å². The maximum Gasteiger partial charge on any atom is 0.198 e. The second-order valence-corrected chi connectivity index (χ2v) is 8.62. The Kier molecular flexibility index (Phi) is 6.80. The quantitative estimate of drug-likeness (QED) is 0.432. The van der Waals surface area contributed by atoms with Gasteiger partial charge in [0.05, 0.1) is 12.3 Å². The zero-order chi connectivity index (χ0) is 21.5. The van der Waals surface area contributed by atoms with Crippen LogP contribution in [-0.2, 0) is 0 Å². The molecule has 0 atom stereocenters. The van der Waals surface area contributed by atoms with Crippen LogP contribution in [0.15, 0.2) is 9.98 Å². The molecule has 162 valence electrons. The highest BCUT2D eigenvalue weighted by atomic mass is 15.7.